The van der Waals surface area contributed by atoms with Crippen molar-refractivity contribution in [3.8, 4) is 0 Å². The average Bonchev–Trinajstić information content (AvgIpc) is 2.41. The van der Waals surface area contributed by atoms with Gasteiger partial charge in [-0.25, -0.2) is 0 Å². The maximum atomic E-state index is 10.5. The average molecular weight is 267 g/mol. The molecule has 1 aromatic rings. The Kier molecular flexibility index (Phi) is 4.69. The maximum absolute atomic E-state index is 10.5. The normalized spacial score (nSPS) is 26.0. The minimum atomic E-state index is -0.324. The molecule has 0 heterocycles. The molecule has 18 heavy (non-hydrogen) atoms. The van der Waals surface area contributed by atoms with Crippen molar-refractivity contribution in [1.29, 1.82) is 0 Å². The zero-order valence-corrected chi connectivity index (χ0v) is 12.1. The van der Waals surface area contributed by atoms with E-state index in [2.05, 4.69) is 6.92 Å². The van der Waals surface area contributed by atoms with E-state index in [-0.39, 0.29) is 6.10 Å². The number of hydrogen-bond acceptors (Lipinski definition) is 1. The molecule has 0 spiro atoms. The van der Waals surface area contributed by atoms with Gasteiger partial charge in [0.25, 0.3) is 0 Å². The molecule has 1 N–H and O–H groups in total. The highest BCUT2D eigenvalue weighted by Gasteiger charge is 2.27. The molecule has 0 amide bonds. The first-order chi connectivity index (χ1) is 8.61. The molecule has 100 valence electrons. The van der Waals surface area contributed by atoms with E-state index in [9.17, 15) is 5.11 Å². The van der Waals surface area contributed by atoms with Gasteiger partial charge in [0.15, 0.2) is 0 Å². The van der Waals surface area contributed by atoms with Crippen molar-refractivity contribution >= 4 is 11.6 Å². The molecule has 1 aromatic carbocycles. The van der Waals surface area contributed by atoms with E-state index in [1.54, 1.807) is 0 Å². The molecule has 1 aliphatic rings. The summed E-state index contributed by atoms with van der Waals surface area (Å²) in [5, 5.41) is 11.3. The molecule has 1 aliphatic carbocycles. The predicted octanol–water partition coefficient (Wildman–Crippen LogP) is 4.90. The molecule has 1 fully saturated rings. The van der Waals surface area contributed by atoms with Gasteiger partial charge in [-0.1, -0.05) is 49.9 Å². The van der Waals surface area contributed by atoms with E-state index >= 15 is 0 Å². The van der Waals surface area contributed by atoms with Gasteiger partial charge in [-0.2, -0.15) is 0 Å². The predicted molar refractivity (Wildman–Crippen MR) is 76.9 cm³/mol. The van der Waals surface area contributed by atoms with Crippen LogP contribution < -0.4 is 0 Å². The van der Waals surface area contributed by atoms with Gasteiger partial charge in [-0.05, 0) is 48.8 Å². The highest BCUT2D eigenvalue weighted by molar-refractivity contribution is 6.31. The second kappa shape index (κ2) is 6.08. The van der Waals surface area contributed by atoms with E-state index in [0.29, 0.717) is 5.92 Å². The summed E-state index contributed by atoms with van der Waals surface area (Å²) >= 11 is 6.04. The van der Waals surface area contributed by atoms with Crippen molar-refractivity contribution in [1.82, 2.24) is 0 Å². The van der Waals surface area contributed by atoms with Gasteiger partial charge >= 0.3 is 0 Å². The van der Waals surface area contributed by atoms with Gasteiger partial charge in [-0.3, -0.25) is 0 Å². The van der Waals surface area contributed by atoms with Crippen LogP contribution in [0.5, 0.6) is 0 Å². The number of aliphatic hydroxyl groups is 1. The van der Waals surface area contributed by atoms with Gasteiger partial charge in [0.05, 0.1) is 6.10 Å². The van der Waals surface area contributed by atoms with Crippen LogP contribution in [-0.2, 0) is 0 Å². The molecule has 0 aliphatic heterocycles. The molecule has 0 bridgehead atoms. The van der Waals surface area contributed by atoms with Crippen LogP contribution >= 0.6 is 11.6 Å². The topological polar surface area (TPSA) is 20.2 Å². The van der Waals surface area contributed by atoms with Crippen LogP contribution in [0.2, 0.25) is 5.02 Å². The van der Waals surface area contributed by atoms with Gasteiger partial charge in [0.2, 0.25) is 0 Å². The third-order valence-electron chi connectivity index (χ3n) is 4.37. The fourth-order valence-electron chi connectivity index (χ4n) is 3.11. The Bertz CT molecular complexity index is 402. The molecule has 0 saturated heterocycles. The number of hydrogen-bond donors (Lipinski definition) is 1. The summed E-state index contributed by atoms with van der Waals surface area (Å²) in [4.78, 5) is 0. The molecular weight excluding hydrogens is 244 g/mol. The van der Waals surface area contributed by atoms with E-state index in [1.807, 2.05) is 25.1 Å². The van der Waals surface area contributed by atoms with Crippen LogP contribution in [0.1, 0.15) is 56.3 Å². The number of benzene rings is 1. The lowest BCUT2D eigenvalue weighted by Gasteiger charge is -2.32. The van der Waals surface area contributed by atoms with Crippen molar-refractivity contribution in [2.75, 3.05) is 0 Å². The lowest BCUT2D eigenvalue weighted by molar-refractivity contribution is 0.0678. The summed E-state index contributed by atoms with van der Waals surface area (Å²) in [6.07, 6.45) is 5.82. The standard InChI is InChI=1S/C16H23ClO/c1-3-12-5-4-6-13(10-12)16(18)14-7-8-15(17)11(2)9-14/h7-9,12-13,16,18H,3-6,10H2,1-2H3. The third-order valence-corrected chi connectivity index (χ3v) is 4.79. The highest BCUT2D eigenvalue weighted by Crippen LogP contribution is 2.38. The third kappa shape index (κ3) is 3.07. The maximum Gasteiger partial charge on any atom is 0.0818 e. The largest absolute Gasteiger partial charge is 0.388 e. The molecule has 2 rings (SSSR count). The van der Waals surface area contributed by atoms with Crippen LogP contribution in [0.25, 0.3) is 0 Å². The van der Waals surface area contributed by atoms with Crippen molar-refractivity contribution in [3.05, 3.63) is 34.3 Å². The van der Waals surface area contributed by atoms with Crippen LogP contribution in [0.3, 0.4) is 0 Å². The van der Waals surface area contributed by atoms with E-state index in [1.165, 1.54) is 25.7 Å². The zero-order valence-electron chi connectivity index (χ0n) is 11.3. The number of aryl methyl sites for hydroxylation is 1. The first kappa shape index (κ1) is 13.9. The second-order valence-corrected chi connectivity index (χ2v) is 6.06. The summed E-state index contributed by atoms with van der Waals surface area (Å²) in [5.41, 5.74) is 2.08. The Morgan fingerprint density at radius 3 is 2.83 bits per heavy atom. The molecule has 0 aromatic heterocycles. The highest BCUT2D eigenvalue weighted by atomic mass is 35.5. The van der Waals surface area contributed by atoms with Crippen LogP contribution in [-0.4, -0.2) is 5.11 Å². The van der Waals surface area contributed by atoms with E-state index in [0.717, 1.165) is 28.5 Å². The SMILES string of the molecule is CCC1CCCC(C(O)c2ccc(Cl)c(C)c2)C1. The van der Waals surface area contributed by atoms with E-state index < -0.39 is 0 Å². The molecule has 3 atom stereocenters. The summed E-state index contributed by atoms with van der Waals surface area (Å²) in [6, 6.07) is 5.90. The number of aliphatic hydroxyl groups excluding tert-OH is 1. The molecule has 1 saturated carbocycles. The van der Waals surface area contributed by atoms with Crippen LogP contribution in [0, 0.1) is 18.8 Å². The number of rotatable bonds is 3. The van der Waals surface area contributed by atoms with Gasteiger partial charge < -0.3 is 5.11 Å². The Morgan fingerprint density at radius 2 is 2.17 bits per heavy atom. The van der Waals surface area contributed by atoms with Crippen molar-refractivity contribution in [3.63, 3.8) is 0 Å². The Morgan fingerprint density at radius 1 is 1.39 bits per heavy atom. The number of halogens is 1. The minimum absolute atomic E-state index is 0.324. The first-order valence-corrected chi connectivity index (χ1v) is 7.43. The van der Waals surface area contributed by atoms with Gasteiger partial charge in [-0.15, -0.1) is 0 Å². The van der Waals surface area contributed by atoms with Crippen LogP contribution in [0.15, 0.2) is 18.2 Å². The Balaban J connectivity index is 2.10. The fourth-order valence-corrected chi connectivity index (χ4v) is 3.23. The molecule has 1 nitrogen and oxygen atoms in total. The second-order valence-electron chi connectivity index (χ2n) is 5.65. The molecule has 3 unspecified atom stereocenters. The molecule has 2 heteroatoms. The minimum Gasteiger partial charge on any atom is -0.388 e. The smallest absolute Gasteiger partial charge is 0.0818 e. The van der Waals surface area contributed by atoms with Crippen molar-refractivity contribution < 1.29 is 5.11 Å². The quantitative estimate of drug-likeness (QED) is 0.825. The van der Waals surface area contributed by atoms with Crippen LogP contribution in [0.4, 0.5) is 0 Å². The lowest BCUT2D eigenvalue weighted by Crippen LogP contribution is -2.21. The summed E-state index contributed by atoms with van der Waals surface area (Å²) in [7, 11) is 0. The van der Waals surface area contributed by atoms with Crippen molar-refractivity contribution in [2.45, 2.75) is 52.1 Å². The fraction of sp³-hybridized carbons (Fsp3) is 0.625. The molecular formula is C16H23ClO. The summed E-state index contributed by atoms with van der Waals surface area (Å²) < 4.78 is 0. The monoisotopic (exact) mass is 266 g/mol. The summed E-state index contributed by atoms with van der Waals surface area (Å²) in [5.74, 6) is 1.22. The first-order valence-electron chi connectivity index (χ1n) is 7.06. The van der Waals surface area contributed by atoms with E-state index in [4.69, 9.17) is 11.6 Å². The molecule has 0 radical (unpaired) electrons. The zero-order chi connectivity index (χ0) is 13.1. The Hall–Kier alpha value is -0.530. The van der Waals surface area contributed by atoms with Gasteiger partial charge in [0.1, 0.15) is 0 Å². The summed E-state index contributed by atoms with van der Waals surface area (Å²) in [6.45, 7) is 4.25. The Labute approximate surface area is 115 Å². The lowest BCUT2D eigenvalue weighted by atomic mass is 9.76. The van der Waals surface area contributed by atoms with Crippen molar-refractivity contribution in [2.24, 2.45) is 11.8 Å². The van der Waals surface area contributed by atoms with Gasteiger partial charge in [0, 0.05) is 5.02 Å².